The molecule has 4 heteroatoms. The van der Waals surface area contributed by atoms with E-state index in [0.717, 1.165) is 0 Å². The fourth-order valence-electron chi connectivity index (χ4n) is 2.03. The first-order valence-corrected chi connectivity index (χ1v) is 6.11. The minimum atomic E-state index is -0.592. The maximum Gasteiger partial charge on any atom is 0.379 e. The second-order valence-electron chi connectivity index (χ2n) is 4.40. The highest BCUT2D eigenvalue weighted by atomic mass is 19.1. The van der Waals surface area contributed by atoms with Crippen LogP contribution in [-0.2, 0) is 0 Å². The second kappa shape index (κ2) is 4.81. The van der Waals surface area contributed by atoms with E-state index in [-0.39, 0.29) is 11.6 Å². The minimum Gasteiger partial charge on any atom is -0.449 e. The normalized spacial score (nSPS) is 10.7. The Balaban J connectivity index is 1.98. The largest absolute Gasteiger partial charge is 0.449 e. The van der Waals surface area contributed by atoms with E-state index in [1.165, 1.54) is 18.2 Å². The van der Waals surface area contributed by atoms with Gasteiger partial charge in [0.1, 0.15) is 17.1 Å². The van der Waals surface area contributed by atoms with Crippen LogP contribution in [0.25, 0.3) is 11.0 Å². The van der Waals surface area contributed by atoms with Crippen LogP contribution >= 0.6 is 0 Å². The predicted molar refractivity (Wildman–Crippen MR) is 72.3 cm³/mol. The first-order chi connectivity index (χ1) is 9.65. The van der Waals surface area contributed by atoms with Crippen molar-refractivity contribution in [2.75, 3.05) is 0 Å². The van der Waals surface area contributed by atoms with Crippen molar-refractivity contribution >= 4 is 16.9 Å². The Morgan fingerprint density at radius 2 is 1.90 bits per heavy atom. The predicted octanol–water partition coefficient (Wildman–Crippen LogP) is 4.10. The second-order valence-corrected chi connectivity index (χ2v) is 4.40. The Labute approximate surface area is 114 Å². The molecular weight excluding hydrogens is 259 g/mol. The highest BCUT2D eigenvalue weighted by Crippen LogP contribution is 2.27. The lowest BCUT2D eigenvalue weighted by atomic mass is 10.1. The first kappa shape index (κ1) is 12.4. The van der Waals surface area contributed by atoms with Crippen LogP contribution < -0.4 is 4.74 Å². The molecular formula is C16H11FO3. The van der Waals surface area contributed by atoms with Gasteiger partial charge in [-0.2, -0.15) is 0 Å². The SMILES string of the molecule is Cc1c(C(=O)Oc2ccccc2)oc2ccc(F)cc12. The van der Waals surface area contributed by atoms with Gasteiger partial charge in [0.15, 0.2) is 0 Å². The molecule has 0 aliphatic heterocycles. The van der Waals surface area contributed by atoms with E-state index in [2.05, 4.69) is 0 Å². The molecule has 0 aliphatic carbocycles. The van der Waals surface area contributed by atoms with E-state index >= 15 is 0 Å². The lowest BCUT2D eigenvalue weighted by molar-refractivity contribution is 0.0703. The first-order valence-electron chi connectivity index (χ1n) is 6.11. The summed E-state index contributed by atoms with van der Waals surface area (Å²) in [7, 11) is 0. The molecule has 3 aromatic rings. The number of aryl methyl sites for hydroxylation is 1. The van der Waals surface area contributed by atoms with Crippen molar-refractivity contribution < 1.29 is 18.3 Å². The molecule has 0 N–H and O–H groups in total. The van der Waals surface area contributed by atoms with Gasteiger partial charge >= 0.3 is 5.97 Å². The molecule has 0 saturated carbocycles. The average molecular weight is 270 g/mol. The number of carbonyl (C=O) groups excluding carboxylic acids is 1. The Morgan fingerprint density at radius 3 is 2.65 bits per heavy atom. The van der Waals surface area contributed by atoms with E-state index in [1.54, 1.807) is 31.2 Å². The molecule has 1 heterocycles. The van der Waals surface area contributed by atoms with Gasteiger partial charge in [-0.1, -0.05) is 18.2 Å². The third-order valence-electron chi connectivity index (χ3n) is 3.04. The van der Waals surface area contributed by atoms with Gasteiger partial charge in [0.05, 0.1) is 0 Å². The van der Waals surface area contributed by atoms with Crippen LogP contribution in [-0.4, -0.2) is 5.97 Å². The molecule has 3 nitrogen and oxygen atoms in total. The summed E-state index contributed by atoms with van der Waals surface area (Å²) in [4.78, 5) is 12.1. The number of hydrogen-bond acceptors (Lipinski definition) is 3. The Hall–Kier alpha value is -2.62. The van der Waals surface area contributed by atoms with Crippen molar-refractivity contribution in [1.29, 1.82) is 0 Å². The number of halogens is 1. The van der Waals surface area contributed by atoms with E-state index in [1.807, 2.05) is 6.07 Å². The summed E-state index contributed by atoms with van der Waals surface area (Å²) in [6.45, 7) is 1.70. The van der Waals surface area contributed by atoms with E-state index in [4.69, 9.17) is 9.15 Å². The quantitative estimate of drug-likeness (QED) is 0.520. The summed E-state index contributed by atoms with van der Waals surface area (Å²) in [5.41, 5.74) is 1.03. The van der Waals surface area contributed by atoms with Crippen LogP contribution in [0.2, 0.25) is 0 Å². The summed E-state index contributed by atoms with van der Waals surface area (Å²) in [5.74, 6) is -0.437. The number of para-hydroxylation sites is 1. The van der Waals surface area contributed by atoms with Crippen LogP contribution in [0.3, 0.4) is 0 Å². The van der Waals surface area contributed by atoms with Crippen LogP contribution in [0.1, 0.15) is 16.1 Å². The lowest BCUT2D eigenvalue weighted by Crippen LogP contribution is -2.08. The van der Waals surface area contributed by atoms with Gasteiger partial charge in [0.25, 0.3) is 0 Å². The van der Waals surface area contributed by atoms with Gasteiger partial charge in [0, 0.05) is 10.9 Å². The van der Waals surface area contributed by atoms with Crippen molar-refractivity contribution in [3.8, 4) is 5.75 Å². The van der Waals surface area contributed by atoms with Crippen molar-refractivity contribution in [3.63, 3.8) is 0 Å². The summed E-state index contributed by atoms with van der Waals surface area (Å²) in [5, 5.41) is 0.574. The zero-order valence-electron chi connectivity index (χ0n) is 10.7. The number of benzene rings is 2. The molecule has 2 aromatic carbocycles. The van der Waals surface area contributed by atoms with Gasteiger partial charge in [-0.05, 0) is 37.3 Å². The molecule has 0 radical (unpaired) electrons. The summed E-state index contributed by atoms with van der Waals surface area (Å²) in [6.07, 6.45) is 0. The molecule has 3 rings (SSSR count). The standard InChI is InChI=1S/C16H11FO3/c1-10-13-9-11(17)7-8-14(13)20-15(10)16(18)19-12-5-3-2-4-6-12/h2-9H,1H3. The fourth-order valence-corrected chi connectivity index (χ4v) is 2.03. The zero-order chi connectivity index (χ0) is 14.1. The van der Waals surface area contributed by atoms with Crippen LogP contribution in [0, 0.1) is 12.7 Å². The maximum atomic E-state index is 13.2. The highest BCUT2D eigenvalue weighted by molar-refractivity contribution is 5.96. The number of hydrogen-bond donors (Lipinski definition) is 0. The number of esters is 1. The number of fused-ring (bicyclic) bond motifs is 1. The Morgan fingerprint density at radius 1 is 1.15 bits per heavy atom. The van der Waals surface area contributed by atoms with Crippen LogP contribution in [0.5, 0.6) is 5.75 Å². The van der Waals surface area contributed by atoms with Gasteiger partial charge in [-0.15, -0.1) is 0 Å². The van der Waals surface area contributed by atoms with Gasteiger partial charge < -0.3 is 9.15 Å². The number of carbonyl (C=O) groups is 1. The smallest absolute Gasteiger partial charge is 0.379 e. The molecule has 0 atom stereocenters. The van der Waals surface area contributed by atoms with Crippen LogP contribution in [0.4, 0.5) is 4.39 Å². The molecule has 0 unspecified atom stereocenters. The summed E-state index contributed by atoms with van der Waals surface area (Å²) in [6, 6.07) is 12.8. The molecule has 0 spiro atoms. The lowest BCUT2D eigenvalue weighted by Gasteiger charge is -2.01. The molecule has 20 heavy (non-hydrogen) atoms. The van der Waals surface area contributed by atoms with Gasteiger partial charge in [-0.25, -0.2) is 9.18 Å². The molecule has 0 aliphatic rings. The third kappa shape index (κ3) is 2.16. The van der Waals surface area contributed by atoms with Crippen molar-refractivity contribution in [2.24, 2.45) is 0 Å². The number of furan rings is 1. The van der Waals surface area contributed by atoms with Crippen LogP contribution in [0.15, 0.2) is 52.9 Å². The summed E-state index contributed by atoms with van der Waals surface area (Å²) < 4.78 is 23.9. The average Bonchev–Trinajstić information content (AvgIpc) is 2.77. The van der Waals surface area contributed by atoms with E-state index in [0.29, 0.717) is 22.3 Å². The van der Waals surface area contributed by atoms with E-state index in [9.17, 15) is 9.18 Å². The maximum absolute atomic E-state index is 13.2. The number of rotatable bonds is 2. The monoisotopic (exact) mass is 270 g/mol. The van der Waals surface area contributed by atoms with Crippen molar-refractivity contribution in [2.45, 2.75) is 6.92 Å². The zero-order valence-corrected chi connectivity index (χ0v) is 10.7. The highest BCUT2D eigenvalue weighted by Gasteiger charge is 2.19. The van der Waals surface area contributed by atoms with Gasteiger partial charge in [0.2, 0.25) is 5.76 Å². The molecule has 0 fully saturated rings. The van der Waals surface area contributed by atoms with Gasteiger partial charge in [-0.3, -0.25) is 0 Å². The fraction of sp³-hybridized carbons (Fsp3) is 0.0625. The topological polar surface area (TPSA) is 39.4 Å². The van der Waals surface area contributed by atoms with E-state index < -0.39 is 5.97 Å². The van der Waals surface area contributed by atoms with Crippen molar-refractivity contribution in [1.82, 2.24) is 0 Å². The molecule has 1 aromatic heterocycles. The number of ether oxygens (including phenoxy) is 1. The van der Waals surface area contributed by atoms with Crippen molar-refractivity contribution in [3.05, 3.63) is 65.7 Å². The minimum absolute atomic E-state index is 0.0921. The molecule has 0 bridgehead atoms. The summed E-state index contributed by atoms with van der Waals surface area (Å²) >= 11 is 0. The molecule has 100 valence electrons. The molecule has 0 saturated heterocycles. The Bertz CT molecular complexity index is 775. The Kier molecular flexibility index (Phi) is 2.99. The molecule has 0 amide bonds. The third-order valence-corrected chi connectivity index (χ3v) is 3.04.